The Labute approximate surface area is 193 Å². The second-order valence-electron chi connectivity index (χ2n) is 7.98. The number of alkyl halides is 9. The van der Waals surface area contributed by atoms with Crippen molar-refractivity contribution in [2.75, 3.05) is 6.61 Å². The first-order chi connectivity index (χ1) is 15.9. The third-order valence-corrected chi connectivity index (χ3v) is 5.53. The lowest BCUT2D eigenvalue weighted by atomic mass is 9.75. The topological polar surface area (TPSA) is 60.4 Å². The first-order valence-corrected chi connectivity index (χ1v) is 10.1. The van der Waals surface area contributed by atoms with Gasteiger partial charge < -0.3 is 4.74 Å². The Bertz CT molecular complexity index is 1040. The minimum Gasteiger partial charge on any atom is -0.466 e. The lowest BCUT2D eigenvalue weighted by Gasteiger charge is -2.36. The summed E-state index contributed by atoms with van der Waals surface area (Å²) in [5, 5.41) is 0. The van der Waals surface area contributed by atoms with Gasteiger partial charge in [0.2, 0.25) is 0 Å². The van der Waals surface area contributed by atoms with Crippen LogP contribution in [0.2, 0.25) is 0 Å². The van der Waals surface area contributed by atoms with Gasteiger partial charge in [-0.1, -0.05) is 24.3 Å². The van der Waals surface area contributed by atoms with Crippen LogP contribution in [0.3, 0.4) is 0 Å². The summed E-state index contributed by atoms with van der Waals surface area (Å²) in [6.07, 6.45) is -10.3. The average Bonchev–Trinajstić information content (AvgIpc) is 2.73. The van der Waals surface area contributed by atoms with Crippen LogP contribution in [0.25, 0.3) is 0 Å². The van der Waals surface area contributed by atoms with E-state index in [2.05, 4.69) is 4.74 Å². The highest BCUT2D eigenvalue weighted by molar-refractivity contribution is 6.26. The molecule has 0 aromatic heterocycles. The summed E-state index contributed by atoms with van der Waals surface area (Å²) in [4.78, 5) is 36.6. The summed E-state index contributed by atoms with van der Waals surface area (Å²) in [7, 11) is 0. The zero-order valence-electron chi connectivity index (χ0n) is 18.2. The zero-order valence-corrected chi connectivity index (χ0v) is 18.2. The number of benzene rings is 1. The van der Waals surface area contributed by atoms with Crippen LogP contribution in [-0.2, 0) is 9.53 Å². The predicted molar refractivity (Wildman–Crippen MR) is 103 cm³/mol. The van der Waals surface area contributed by atoms with Crippen molar-refractivity contribution < 1.29 is 58.6 Å². The van der Waals surface area contributed by atoms with Gasteiger partial charge in [0.15, 0.2) is 11.6 Å². The molecule has 1 aliphatic rings. The Morgan fingerprint density at radius 3 is 1.89 bits per heavy atom. The third kappa shape index (κ3) is 5.22. The fourth-order valence-electron chi connectivity index (χ4n) is 3.75. The van der Waals surface area contributed by atoms with Gasteiger partial charge in [-0.3, -0.25) is 14.4 Å². The summed E-state index contributed by atoms with van der Waals surface area (Å²) in [6.45, 7) is 1.58. The number of carbonyl (C=O) groups excluding carboxylic acids is 3. The van der Waals surface area contributed by atoms with E-state index in [1.54, 1.807) is 0 Å². The van der Waals surface area contributed by atoms with Gasteiger partial charge in [-0.25, -0.2) is 0 Å². The van der Waals surface area contributed by atoms with Crippen molar-refractivity contribution in [2.24, 2.45) is 5.92 Å². The highest BCUT2D eigenvalue weighted by Gasteiger charge is 2.81. The molecule has 1 unspecified atom stereocenters. The van der Waals surface area contributed by atoms with Gasteiger partial charge in [0.25, 0.3) is 0 Å². The number of rotatable bonds is 9. The molecule has 0 N–H and O–H groups in total. The minimum absolute atomic E-state index is 0.113. The molecule has 4 nitrogen and oxygen atoms in total. The number of fused-ring (bicyclic) bond motifs is 1. The van der Waals surface area contributed by atoms with Crippen LogP contribution in [0.4, 0.5) is 39.5 Å². The molecular formula is C22H19F9O4. The van der Waals surface area contributed by atoms with Gasteiger partial charge in [-0.15, -0.1) is 0 Å². The van der Waals surface area contributed by atoms with E-state index in [4.69, 9.17) is 0 Å². The molecule has 0 heterocycles. The maximum absolute atomic E-state index is 14.5. The van der Waals surface area contributed by atoms with Crippen LogP contribution in [0.5, 0.6) is 0 Å². The minimum atomic E-state index is -7.09. The normalized spacial score (nSPS) is 16.3. The lowest BCUT2D eigenvalue weighted by Crippen LogP contribution is -2.61. The fourth-order valence-corrected chi connectivity index (χ4v) is 3.75. The van der Waals surface area contributed by atoms with Gasteiger partial charge in [0, 0.05) is 35.6 Å². The van der Waals surface area contributed by atoms with Crippen molar-refractivity contribution in [1.29, 1.82) is 0 Å². The van der Waals surface area contributed by atoms with E-state index in [1.165, 1.54) is 18.2 Å². The smallest absolute Gasteiger partial charge is 0.460 e. The number of ether oxygens (including phenoxy) is 1. The summed E-state index contributed by atoms with van der Waals surface area (Å²) in [6, 6.07) is 5.12. The Morgan fingerprint density at radius 1 is 0.886 bits per heavy atom. The number of esters is 1. The van der Waals surface area contributed by atoms with Crippen LogP contribution >= 0.6 is 0 Å². The molecular weight excluding hydrogens is 499 g/mol. The molecule has 1 atom stereocenters. The number of hydrogen-bond donors (Lipinski definition) is 0. The first kappa shape index (κ1) is 28.4. The number of halogens is 9. The van der Waals surface area contributed by atoms with Crippen molar-refractivity contribution >= 4 is 17.5 Å². The highest BCUT2D eigenvalue weighted by Crippen LogP contribution is 2.55. The van der Waals surface area contributed by atoms with Crippen molar-refractivity contribution in [3.8, 4) is 0 Å². The molecule has 1 aliphatic carbocycles. The number of carbonyl (C=O) groups is 3. The SMILES string of the molecule is CC(=O)OCCCC(CC(F)(F)C(F)(F)C(F)(F)C(F)(F)F)C1=C(C)C(=O)c2ccccc2C1=O. The highest BCUT2D eigenvalue weighted by atomic mass is 19.4. The van der Waals surface area contributed by atoms with E-state index in [-0.39, 0.29) is 17.5 Å². The summed E-state index contributed by atoms with van der Waals surface area (Å²) in [5.41, 5.74) is -1.52. The zero-order chi connectivity index (χ0) is 27.0. The molecule has 0 radical (unpaired) electrons. The standard InChI is InChI=1S/C22H19F9O4/c1-11-16(18(34)15-8-4-3-7-14(15)17(11)33)13(6-5-9-35-12(2)32)10-19(23,24)20(25,26)21(27,28)22(29,30)31/h3-4,7-8,13H,5-6,9-10H2,1-2H3. The summed E-state index contributed by atoms with van der Waals surface area (Å²) < 4.78 is 126. The van der Waals surface area contributed by atoms with Crippen LogP contribution < -0.4 is 0 Å². The molecule has 0 saturated carbocycles. The molecule has 194 valence electrons. The van der Waals surface area contributed by atoms with E-state index in [0.717, 1.165) is 19.9 Å². The second kappa shape index (κ2) is 9.65. The van der Waals surface area contributed by atoms with Gasteiger partial charge in [-0.2, -0.15) is 39.5 Å². The molecule has 2 rings (SSSR count). The number of allylic oxidation sites excluding steroid dienone is 2. The number of Topliss-reactive ketones (excluding diaryl/α,β-unsaturated/α-hetero) is 2. The van der Waals surface area contributed by atoms with Gasteiger partial charge in [0.05, 0.1) is 6.61 Å². The second-order valence-corrected chi connectivity index (χ2v) is 7.98. The quantitative estimate of drug-likeness (QED) is 0.222. The molecule has 0 bridgehead atoms. The molecule has 0 saturated heterocycles. The van der Waals surface area contributed by atoms with Crippen molar-refractivity contribution in [3.05, 3.63) is 46.5 Å². The van der Waals surface area contributed by atoms with Crippen LogP contribution in [0, 0.1) is 5.92 Å². The first-order valence-electron chi connectivity index (χ1n) is 10.1. The van der Waals surface area contributed by atoms with E-state index >= 15 is 0 Å². The Morgan fingerprint density at radius 2 is 1.40 bits per heavy atom. The number of ketones is 2. The summed E-state index contributed by atoms with van der Waals surface area (Å²) in [5.74, 6) is -24.6. The molecule has 1 aromatic rings. The van der Waals surface area contributed by atoms with E-state index < -0.39 is 78.0 Å². The Balaban J connectivity index is 2.53. The molecule has 0 spiro atoms. The Hall–Kier alpha value is -2.86. The van der Waals surface area contributed by atoms with Crippen molar-refractivity contribution in [3.63, 3.8) is 0 Å². The van der Waals surface area contributed by atoms with Crippen molar-refractivity contribution in [1.82, 2.24) is 0 Å². The van der Waals surface area contributed by atoms with E-state index in [1.807, 2.05) is 0 Å². The maximum Gasteiger partial charge on any atom is 0.460 e. The Kier molecular flexibility index (Phi) is 7.82. The average molecular weight is 518 g/mol. The van der Waals surface area contributed by atoms with Gasteiger partial charge >= 0.3 is 29.9 Å². The molecule has 35 heavy (non-hydrogen) atoms. The third-order valence-electron chi connectivity index (χ3n) is 5.53. The molecule has 0 amide bonds. The molecule has 1 aromatic carbocycles. The molecule has 13 heteroatoms. The monoisotopic (exact) mass is 518 g/mol. The summed E-state index contributed by atoms with van der Waals surface area (Å²) >= 11 is 0. The number of hydrogen-bond acceptors (Lipinski definition) is 4. The van der Waals surface area contributed by atoms with Gasteiger partial charge in [0.1, 0.15) is 0 Å². The molecule has 0 fully saturated rings. The van der Waals surface area contributed by atoms with Crippen LogP contribution in [-0.4, -0.2) is 48.1 Å². The van der Waals surface area contributed by atoms with Crippen LogP contribution in [0.15, 0.2) is 35.4 Å². The van der Waals surface area contributed by atoms with Crippen LogP contribution in [0.1, 0.15) is 53.8 Å². The maximum atomic E-state index is 14.5. The van der Waals surface area contributed by atoms with E-state index in [0.29, 0.717) is 0 Å². The van der Waals surface area contributed by atoms with E-state index in [9.17, 15) is 53.9 Å². The predicted octanol–water partition coefficient (Wildman–Crippen LogP) is 6.20. The largest absolute Gasteiger partial charge is 0.466 e. The van der Waals surface area contributed by atoms with Crippen molar-refractivity contribution in [2.45, 2.75) is 57.1 Å². The van der Waals surface area contributed by atoms with Gasteiger partial charge in [-0.05, 0) is 25.7 Å². The molecule has 0 aliphatic heterocycles. The fraction of sp³-hybridized carbons (Fsp3) is 0.500. The lowest BCUT2D eigenvalue weighted by molar-refractivity contribution is -0.397.